The number of benzene rings is 1. The molecule has 0 unspecified atom stereocenters. The summed E-state index contributed by atoms with van der Waals surface area (Å²) in [5, 5.41) is 3.47. The van der Waals surface area contributed by atoms with Gasteiger partial charge in [0, 0.05) is 31.5 Å². The van der Waals surface area contributed by atoms with Crippen molar-refractivity contribution in [3.8, 4) is 0 Å². The minimum Gasteiger partial charge on any atom is -0.444 e. The van der Waals surface area contributed by atoms with E-state index in [4.69, 9.17) is 4.74 Å². The molecule has 1 fully saturated rings. The number of nitrogens with zero attached hydrogens (tertiary/aromatic N) is 3. The molecule has 1 aliphatic heterocycles. The molecule has 1 aromatic heterocycles. The van der Waals surface area contributed by atoms with E-state index in [9.17, 15) is 9.18 Å². The number of carbonyl (C=O) groups is 1. The summed E-state index contributed by atoms with van der Waals surface area (Å²) < 4.78 is 20.5. The average molecular weight is 374 g/mol. The maximum Gasteiger partial charge on any atom is 0.410 e. The molecule has 0 bridgehead atoms. The molecule has 146 valence electrons. The number of piperidine rings is 1. The average Bonchev–Trinajstić information content (AvgIpc) is 3.03. The first-order valence-corrected chi connectivity index (χ1v) is 9.30. The second-order valence-electron chi connectivity index (χ2n) is 7.89. The fourth-order valence-electron chi connectivity index (χ4n) is 3.08. The van der Waals surface area contributed by atoms with Crippen LogP contribution in [0.3, 0.4) is 0 Å². The highest BCUT2D eigenvalue weighted by Crippen LogP contribution is 2.19. The van der Waals surface area contributed by atoms with Crippen molar-refractivity contribution in [3.05, 3.63) is 48.0 Å². The molecule has 0 atom stereocenters. The second-order valence-corrected chi connectivity index (χ2v) is 7.89. The number of hydrogen-bond acceptors (Lipinski definition) is 4. The van der Waals surface area contributed by atoms with Crippen LogP contribution in [0, 0.1) is 5.82 Å². The first kappa shape index (κ1) is 19.2. The lowest BCUT2D eigenvalue weighted by Crippen LogP contribution is -2.44. The van der Waals surface area contributed by atoms with Crippen LogP contribution in [0.1, 0.15) is 39.2 Å². The predicted molar refractivity (Wildman–Crippen MR) is 102 cm³/mol. The summed E-state index contributed by atoms with van der Waals surface area (Å²) in [5.74, 6) is 0.550. The Bertz CT molecular complexity index is 759. The monoisotopic (exact) mass is 374 g/mol. The lowest BCUT2D eigenvalue weighted by Gasteiger charge is -2.33. The Balaban J connectivity index is 1.53. The molecular weight excluding hydrogens is 347 g/mol. The molecule has 0 spiro atoms. The number of aromatic nitrogens is 2. The van der Waals surface area contributed by atoms with Crippen LogP contribution >= 0.6 is 0 Å². The van der Waals surface area contributed by atoms with Gasteiger partial charge in [0.1, 0.15) is 11.4 Å². The number of halogens is 1. The van der Waals surface area contributed by atoms with E-state index < -0.39 is 5.60 Å². The van der Waals surface area contributed by atoms with E-state index in [0.29, 0.717) is 19.6 Å². The van der Waals surface area contributed by atoms with Crippen molar-refractivity contribution < 1.29 is 13.9 Å². The highest BCUT2D eigenvalue weighted by Gasteiger charge is 2.27. The number of nitrogens with one attached hydrogen (secondary N) is 1. The normalized spacial score (nSPS) is 15.6. The van der Waals surface area contributed by atoms with Crippen LogP contribution in [-0.2, 0) is 11.3 Å². The van der Waals surface area contributed by atoms with Gasteiger partial charge in [-0.25, -0.2) is 14.2 Å². The molecule has 2 heterocycles. The smallest absolute Gasteiger partial charge is 0.410 e. The van der Waals surface area contributed by atoms with Crippen LogP contribution in [0.2, 0.25) is 0 Å². The minimum atomic E-state index is -0.475. The van der Waals surface area contributed by atoms with Crippen molar-refractivity contribution in [2.24, 2.45) is 0 Å². The number of hydrogen-bond donors (Lipinski definition) is 1. The van der Waals surface area contributed by atoms with Crippen LogP contribution in [0.5, 0.6) is 0 Å². The molecule has 0 saturated carbocycles. The van der Waals surface area contributed by atoms with Crippen molar-refractivity contribution in [1.29, 1.82) is 0 Å². The van der Waals surface area contributed by atoms with Gasteiger partial charge in [-0.3, -0.25) is 0 Å². The van der Waals surface area contributed by atoms with Crippen LogP contribution in [0.4, 0.5) is 15.1 Å². The van der Waals surface area contributed by atoms with Gasteiger partial charge in [0.25, 0.3) is 0 Å². The summed E-state index contributed by atoms with van der Waals surface area (Å²) in [6.45, 7) is 7.57. The number of anilines is 1. The largest absolute Gasteiger partial charge is 0.444 e. The van der Waals surface area contributed by atoms with Crippen LogP contribution in [-0.4, -0.2) is 45.3 Å². The fraction of sp³-hybridized carbons (Fsp3) is 0.500. The molecule has 6 nitrogen and oxygen atoms in total. The number of imidazole rings is 1. The van der Waals surface area contributed by atoms with Gasteiger partial charge in [-0.2, -0.15) is 0 Å². The Labute approximate surface area is 159 Å². The van der Waals surface area contributed by atoms with Gasteiger partial charge < -0.3 is 19.5 Å². The molecule has 1 aromatic carbocycles. The van der Waals surface area contributed by atoms with Crippen molar-refractivity contribution >= 4 is 12.0 Å². The molecule has 27 heavy (non-hydrogen) atoms. The molecule has 3 rings (SSSR count). The Morgan fingerprint density at radius 3 is 2.56 bits per heavy atom. The highest BCUT2D eigenvalue weighted by molar-refractivity contribution is 5.68. The Morgan fingerprint density at radius 2 is 1.93 bits per heavy atom. The topological polar surface area (TPSA) is 59.4 Å². The van der Waals surface area contributed by atoms with E-state index >= 15 is 0 Å². The molecule has 1 N–H and O–H groups in total. The number of ether oxygens (including phenoxy) is 1. The highest BCUT2D eigenvalue weighted by atomic mass is 19.1. The summed E-state index contributed by atoms with van der Waals surface area (Å²) in [6, 6.07) is 6.73. The first-order valence-electron chi connectivity index (χ1n) is 9.30. The molecule has 7 heteroatoms. The van der Waals surface area contributed by atoms with Crippen molar-refractivity contribution in [1.82, 2.24) is 14.5 Å². The first-order chi connectivity index (χ1) is 12.8. The third-order valence-corrected chi connectivity index (χ3v) is 4.46. The zero-order valence-corrected chi connectivity index (χ0v) is 16.1. The lowest BCUT2D eigenvalue weighted by atomic mass is 10.1. The van der Waals surface area contributed by atoms with Gasteiger partial charge in [0.15, 0.2) is 0 Å². The van der Waals surface area contributed by atoms with Gasteiger partial charge in [-0.05, 0) is 51.3 Å². The van der Waals surface area contributed by atoms with Gasteiger partial charge in [-0.15, -0.1) is 0 Å². The molecule has 0 radical (unpaired) electrons. The predicted octanol–water partition coefficient (Wildman–Crippen LogP) is 3.88. The molecule has 1 aliphatic rings. The molecule has 2 aromatic rings. The quantitative estimate of drug-likeness (QED) is 0.882. The molecule has 1 amide bonds. The molecule has 0 aliphatic carbocycles. The minimum absolute atomic E-state index is 0.237. The van der Waals surface area contributed by atoms with E-state index in [1.165, 1.54) is 12.1 Å². The third kappa shape index (κ3) is 5.45. The van der Waals surface area contributed by atoms with Crippen molar-refractivity contribution in [3.63, 3.8) is 0 Å². The summed E-state index contributed by atoms with van der Waals surface area (Å²) in [7, 11) is 0. The Kier molecular flexibility index (Phi) is 5.68. The number of rotatable bonds is 4. The standard InChI is InChI=1S/C20H27FN4O2/c1-20(2,3)27-19(26)24-11-8-17(9-12-24)23-18-22-10-13-25(18)14-15-4-6-16(21)7-5-15/h4-7,10,13,17H,8-9,11-12,14H2,1-3H3,(H,22,23). The zero-order chi connectivity index (χ0) is 19.4. The number of likely N-dealkylation sites (tertiary alicyclic amines) is 1. The van der Waals surface area contributed by atoms with Crippen LogP contribution in [0.25, 0.3) is 0 Å². The van der Waals surface area contributed by atoms with E-state index in [1.54, 1.807) is 23.2 Å². The lowest BCUT2D eigenvalue weighted by molar-refractivity contribution is 0.0210. The number of amides is 1. The SMILES string of the molecule is CC(C)(C)OC(=O)N1CCC(Nc2nccn2Cc2ccc(F)cc2)CC1. The summed E-state index contributed by atoms with van der Waals surface area (Å²) in [5.41, 5.74) is 0.536. The van der Waals surface area contributed by atoms with E-state index in [0.717, 1.165) is 24.4 Å². The van der Waals surface area contributed by atoms with E-state index in [-0.39, 0.29) is 18.0 Å². The van der Waals surface area contributed by atoms with Crippen molar-refractivity contribution in [2.75, 3.05) is 18.4 Å². The molecular formula is C20H27FN4O2. The van der Waals surface area contributed by atoms with Crippen LogP contribution in [0.15, 0.2) is 36.7 Å². The van der Waals surface area contributed by atoms with Crippen LogP contribution < -0.4 is 5.32 Å². The van der Waals surface area contributed by atoms with Gasteiger partial charge in [0.05, 0.1) is 6.54 Å². The van der Waals surface area contributed by atoms with Gasteiger partial charge >= 0.3 is 6.09 Å². The maximum absolute atomic E-state index is 13.1. The van der Waals surface area contributed by atoms with Gasteiger partial charge in [0.2, 0.25) is 5.95 Å². The van der Waals surface area contributed by atoms with Crippen molar-refractivity contribution in [2.45, 2.75) is 51.8 Å². The summed E-state index contributed by atoms with van der Waals surface area (Å²) in [6.07, 6.45) is 5.08. The number of carbonyl (C=O) groups excluding carboxylic acids is 1. The van der Waals surface area contributed by atoms with E-state index in [2.05, 4.69) is 10.3 Å². The van der Waals surface area contributed by atoms with Gasteiger partial charge in [-0.1, -0.05) is 12.1 Å². The fourth-order valence-corrected chi connectivity index (χ4v) is 3.08. The summed E-state index contributed by atoms with van der Waals surface area (Å²) >= 11 is 0. The maximum atomic E-state index is 13.1. The molecule has 1 saturated heterocycles. The zero-order valence-electron chi connectivity index (χ0n) is 16.1. The Morgan fingerprint density at radius 1 is 1.26 bits per heavy atom. The van der Waals surface area contributed by atoms with E-state index in [1.807, 2.05) is 31.5 Å². The summed E-state index contributed by atoms with van der Waals surface area (Å²) in [4.78, 5) is 18.3. The Hall–Kier alpha value is -2.57. The third-order valence-electron chi connectivity index (χ3n) is 4.46. The second kappa shape index (κ2) is 7.98.